The van der Waals surface area contributed by atoms with Crippen LogP contribution >= 0.6 is 0 Å². The maximum absolute atomic E-state index is 5.93. The summed E-state index contributed by atoms with van der Waals surface area (Å²) < 4.78 is 2.39. The molecule has 2 heterocycles. The Morgan fingerprint density at radius 3 is 2.55 bits per heavy atom. The Hall–Kier alpha value is -1.52. The second kappa shape index (κ2) is 5.46. The van der Waals surface area contributed by atoms with Gasteiger partial charge < -0.3 is 15.2 Å². The van der Waals surface area contributed by atoms with Gasteiger partial charge >= 0.3 is 0 Å². The van der Waals surface area contributed by atoms with Gasteiger partial charge in [0.2, 0.25) is 0 Å². The van der Waals surface area contributed by atoms with Crippen molar-refractivity contribution in [3.8, 4) is 0 Å². The molecule has 1 aliphatic rings. The van der Waals surface area contributed by atoms with Crippen LogP contribution in [-0.2, 0) is 13.1 Å². The molecule has 0 spiro atoms. The number of nitrogens with zero attached hydrogens (tertiary/aromatic N) is 3. The Bertz CT molecular complexity index is 594. The predicted molar refractivity (Wildman–Crippen MR) is 84.8 cm³/mol. The second-order valence-corrected chi connectivity index (χ2v) is 5.78. The van der Waals surface area contributed by atoms with Crippen LogP contribution < -0.4 is 5.73 Å². The van der Waals surface area contributed by atoms with Gasteiger partial charge in [0, 0.05) is 56.0 Å². The van der Waals surface area contributed by atoms with Crippen molar-refractivity contribution in [2.75, 3.05) is 39.0 Å². The lowest BCUT2D eigenvalue weighted by Crippen LogP contribution is -2.44. The van der Waals surface area contributed by atoms with Crippen molar-refractivity contribution >= 4 is 16.6 Å². The van der Waals surface area contributed by atoms with Gasteiger partial charge in [-0.15, -0.1) is 0 Å². The van der Waals surface area contributed by atoms with Crippen molar-refractivity contribution in [2.24, 2.45) is 0 Å². The van der Waals surface area contributed by atoms with E-state index in [0.29, 0.717) is 0 Å². The summed E-state index contributed by atoms with van der Waals surface area (Å²) in [5, 5.41) is 1.30. The van der Waals surface area contributed by atoms with E-state index in [2.05, 4.69) is 46.5 Å². The summed E-state index contributed by atoms with van der Waals surface area (Å²) in [6.07, 6.45) is 0. The minimum atomic E-state index is 0.844. The third-order valence-corrected chi connectivity index (χ3v) is 4.31. The van der Waals surface area contributed by atoms with E-state index in [1.165, 1.54) is 29.7 Å². The van der Waals surface area contributed by atoms with Gasteiger partial charge in [0.15, 0.2) is 0 Å². The number of nitrogens with two attached hydrogens (primary N) is 1. The summed E-state index contributed by atoms with van der Waals surface area (Å²) in [4.78, 5) is 4.94. The minimum Gasteiger partial charge on any atom is -0.399 e. The van der Waals surface area contributed by atoms with Crippen LogP contribution in [0, 0.1) is 0 Å². The van der Waals surface area contributed by atoms with Gasteiger partial charge in [-0.25, -0.2) is 0 Å². The number of anilines is 1. The van der Waals surface area contributed by atoms with Gasteiger partial charge in [0.05, 0.1) is 5.52 Å². The van der Waals surface area contributed by atoms with E-state index < -0.39 is 0 Å². The molecule has 108 valence electrons. The highest BCUT2D eigenvalue weighted by molar-refractivity contribution is 5.84. The average molecular weight is 272 g/mol. The maximum atomic E-state index is 5.93. The standard InChI is InChI=1S/C16H24N4/c1-3-20-15(12-19-8-6-18(2)7-9-19)10-13-4-5-14(17)11-16(13)20/h4-5,10-11H,3,6-9,12,17H2,1-2H3. The molecule has 0 radical (unpaired) electrons. The molecule has 2 N–H and O–H groups in total. The zero-order valence-electron chi connectivity index (χ0n) is 12.5. The highest BCUT2D eigenvalue weighted by atomic mass is 15.2. The Balaban J connectivity index is 1.87. The molecule has 0 aliphatic carbocycles. The number of hydrogen-bond donors (Lipinski definition) is 1. The molecule has 0 unspecified atom stereocenters. The van der Waals surface area contributed by atoms with Crippen LogP contribution in [0.4, 0.5) is 5.69 Å². The molecule has 3 rings (SSSR count). The minimum absolute atomic E-state index is 0.844. The van der Waals surface area contributed by atoms with Crippen LogP contribution in [0.25, 0.3) is 10.9 Å². The molecule has 1 aromatic heterocycles. The number of benzene rings is 1. The van der Waals surface area contributed by atoms with Crippen LogP contribution in [0.1, 0.15) is 12.6 Å². The smallest absolute Gasteiger partial charge is 0.0503 e. The van der Waals surface area contributed by atoms with E-state index >= 15 is 0 Å². The van der Waals surface area contributed by atoms with Crippen molar-refractivity contribution < 1.29 is 0 Å². The van der Waals surface area contributed by atoms with E-state index in [1.54, 1.807) is 0 Å². The Morgan fingerprint density at radius 2 is 1.85 bits per heavy atom. The first-order chi connectivity index (χ1) is 9.67. The highest BCUT2D eigenvalue weighted by Gasteiger charge is 2.16. The van der Waals surface area contributed by atoms with Crippen LogP contribution in [0.3, 0.4) is 0 Å². The summed E-state index contributed by atoms with van der Waals surface area (Å²) in [5.74, 6) is 0. The highest BCUT2D eigenvalue weighted by Crippen LogP contribution is 2.23. The Kier molecular flexibility index (Phi) is 3.68. The number of aryl methyl sites for hydroxylation is 1. The van der Waals surface area contributed by atoms with Gasteiger partial charge in [-0.05, 0) is 32.2 Å². The summed E-state index contributed by atoms with van der Waals surface area (Å²) in [5.41, 5.74) is 9.43. The number of nitrogen functional groups attached to an aromatic ring is 1. The molecule has 0 amide bonds. The lowest BCUT2D eigenvalue weighted by molar-refractivity contribution is 0.146. The molecule has 4 heteroatoms. The van der Waals surface area contributed by atoms with Gasteiger partial charge in [0.1, 0.15) is 0 Å². The molecule has 0 bridgehead atoms. The van der Waals surface area contributed by atoms with E-state index in [1.807, 2.05) is 6.07 Å². The molecule has 1 aliphatic heterocycles. The zero-order valence-corrected chi connectivity index (χ0v) is 12.5. The van der Waals surface area contributed by atoms with Crippen LogP contribution in [0.15, 0.2) is 24.3 Å². The Labute approximate surface area is 120 Å². The van der Waals surface area contributed by atoms with Crippen molar-refractivity contribution in [1.82, 2.24) is 14.4 Å². The zero-order chi connectivity index (χ0) is 14.1. The largest absolute Gasteiger partial charge is 0.399 e. The first kappa shape index (κ1) is 13.5. The average Bonchev–Trinajstić information content (AvgIpc) is 2.78. The fraction of sp³-hybridized carbons (Fsp3) is 0.500. The maximum Gasteiger partial charge on any atom is 0.0503 e. The summed E-state index contributed by atoms with van der Waals surface area (Å²) in [7, 11) is 2.20. The molecule has 2 aromatic rings. The fourth-order valence-electron chi connectivity index (χ4n) is 3.07. The number of rotatable bonds is 3. The number of aromatic nitrogens is 1. The van der Waals surface area contributed by atoms with Gasteiger partial charge in [-0.2, -0.15) is 0 Å². The van der Waals surface area contributed by atoms with E-state index in [0.717, 1.165) is 31.9 Å². The quantitative estimate of drug-likeness (QED) is 0.868. The van der Waals surface area contributed by atoms with E-state index in [-0.39, 0.29) is 0 Å². The van der Waals surface area contributed by atoms with Gasteiger partial charge in [0.25, 0.3) is 0 Å². The molecular formula is C16H24N4. The van der Waals surface area contributed by atoms with E-state index in [9.17, 15) is 0 Å². The number of hydrogen-bond acceptors (Lipinski definition) is 3. The van der Waals surface area contributed by atoms with Crippen molar-refractivity contribution in [1.29, 1.82) is 0 Å². The second-order valence-electron chi connectivity index (χ2n) is 5.78. The lowest BCUT2D eigenvalue weighted by Gasteiger charge is -2.32. The van der Waals surface area contributed by atoms with Gasteiger partial charge in [-0.3, -0.25) is 4.90 Å². The topological polar surface area (TPSA) is 37.4 Å². The van der Waals surface area contributed by atoms with Crippen LogP contribution in [0.5, 0.6) is 0 Å². The molecule has 1 fully saturated rings. The molecule has 20 heavy (non-hydrogen) atoms. The van der Waals surface area contributed by atoms with Crippen LogP contribution in [0.2, 0.25) is 0 Å². The first-order valence-electron chi connectivity index (χ1n) is 7.46. The molecular weight excluding hydrogens is 248 g/mol. The molecule has 0 atom stereocenters. The molecule has 1 saturated heterocycles. The van der Waals surface area contributed by atoms with Crippen LogP contribution in [-0.4, -0.2) is 47.6 Å². The third kappa shape index (κ3) is 2.53. The monoisotopic (exact) mass is 272 g/mol. The summed E-state index contributed by atoms with van der Waals surface area (Å²) >= 11 is 0. The third-order valence-electron chi connectivity index (χ3n) is 4.31. The van der Waals surface area contributed by atoms with Gasteiger partial charge in [-0.1, -0.05) is 6.07 Å². The predicted octanol–water partition coefficient (Wildman–Crippen LogP) is 1.99. The molecule has 4 nitrogen and oxygen atoms in total. The summed E-state index contributed by atoms with van der Waals surface area (Å²) in [6, 6.07) is 8.52. The Morgan fingerprint density at radius 1 is 1.10 bits per heavy atom. The number of fused-ring (bicyclic) bond motifs is 1. The molecule has 0 saturated carbocycles. The van der Waals surface area contributed by atoms with Crippen molar-refractivity contribution in [3.05, 3.63) is 30.0 Å². The molecule has 1 aromatic carbocycles. The number of likely N-dealkylation sites (N-methyl/N-ethyl adjacent to an activating group) is 1. The normalized spacial score (nSPS) is 17.9. The summed E-state index contributed by atoms with van der Waals surface area (Å²) in [6.45, 7) is 8.88. The first-order valence-corrected chi connectivity index (χ1v) is 7.46. The fourth-order valence-corrected chi connectivity index (χ4v) is 3.07. The van der Waals surface area contributed by atoms with Crippen molar-refractivity contribution in [3.63, 3.8) is 0 Å². The van der Waals surface area contributed by atoms with Crippen molar-refractivity contribution in [2.45, 2.75) is 20.0 Å². The lowest BCUT2D eigenvalue weighted by atomic mass is 10.2. The van der Waals surface area contributed by atoms with E-state index in [4.69, 9.17) is 5.73 Å². The number of piperazine rings is 1. The SMILES string of the molecule is CCn1c(CN2CCN(C)CC2)cc2ccc(N)cc21.